The maximum Gasteiger partial charge on any atom is 0.262 e. The zero-order valence-electron chi connectivity index (χ0n) is 13.8. The van der Waals surface area contributed by atoms with E-state index in [1.165, 1.54) is 22.2 Å². The Kier molecular flexibility index (Phi) is 6.29. The Bertz CT molecular complexity index is 721. The predicted octanol–water partition coefficient (Wildman–Crippen LogP) is 1.95. The van der Waals surface area contributed by atoms with Crippen LogP contribution in [0.2, 0.25) is 0 Å². The first-order valence-electron chi connectivity index (χ1n) is 7.87. The van der Waals surface area contributed by atoms with Crippen molar-refractivity contribution in [3.63, 3.8) is 0 Å². The Morgan fingerprint density at radius 2 is 2.26 bits per heavy atom. The van der Waals surface area contributed by atoms with Gasteiger partial charge in [-0.2, -0.15) is 0 Å². The molecule has 2 rings (SSSR count). The number of carbonyl (C=O) groups excluding carboxylic acids is 1. The first kappa shape index (κ1) is 17.6. The molecule has 7 heteroatoms. The van der Waals surface area contributed by atoms with Crippen molar-refractivity contribution in [2.24, 2.45) is 0 Å². The van der Waals surface area contributed by atoms with E-state index in [1.807, 2.05) is 26.8 Å². The van der Waals surface area contributed by atoms with Crippen LogP contribution in [0.15, 0.2) is 17.2 Å². The van der Waals surface area contributed by atoms with Crippen molar-refractivity contribution in [2.75, 3.05) is 13.2 Å². The largest absolute Gasteiger partial charge is 0.379 e. The van der Waals surface area contributed by atoms with E-state index in [0.29, 0.717) is 18.5 Å². The van der Waals surface area contributed by atoms with Gasteiger partial charge in [0.2, 0.25) is 5.91 Å². The van der Waals surface area contributed by atoms with Crippen LogP contribution in [0.5, 0.6) is 0 Å². The molecule has 0 fully saturated rings. The van der Waals surface area contributed by atoms with E-state index in [-0.39, 0.29) is 24.1 Å². The number of aromatic nitrogens is 2. The molecule has 1 N–H and O–H groups in total. The summed E-state index contributed by atoms with van der Waals surface area (Å²) in [6.07, 6.45) is 3.27. The Labute approximate surface area is 139 Å². The van der Waals surface area contributed by atoms with E-state index in [2.05, 4.69) is 10.3 Å². The molecule has 0 aliphatic rings. The van der Waals surface area contributed by atoms with Crippen molar-refractivity contribution in [3.8, 4) is 0 Å². The normalized spacial score (nSPS) is 11.3. The number of rotatable bonds is 8. The minimum absolute atomic E-state index is 0.00981. The first-order chi connectivity index (χ1) is 11.0. The van der Waals surface area contributed by atoms with Gasteiger partial charge in [0.05, 0.1) is 17.8 Å². The molecule has 0 aromatic carbocycles. The van der Waals surface area contributed by atoms with Crippen LogP contribution in [0, 0.1) is 0 Å². The van der Waals surface area contributed by atoms with Crippen LogP contribution < -0.4 is 10.9 Å². The number of thiophene rings is 1. The summed E-state index contributed by atoms with van der Waals surface area (Å²) >= 11 is 1.52. The number of fused-ring (bicyclic) bond motifs is 1. The fourth-order valence-electron chi connectivity index (χ4n) is 2.13. The minimum Gasteiger partial charge on any atom is -0.379 e. The van der Waals surface area contributed by atoms with Gasteiger partial charge in [-0.1, -0.05) is 6.92 Å². The van der Waals surface area contributed by atoms with Crippen molar-refractivity contribution in [1.82, 2.24) is 14.9 Å². The Morgan fingerprint density at radius 1 is 1.48 bits per heavy atom. The average Bonchev–Trinajstić information content (AvgIpc) is 2.93. The lowest BCUT2D eigenvalue weighted by Crippen LogP contribution is -2.33. The minimum atomic E-state index is -0.191. The van der Waals surface area contributed by atoms with Crippen LogP contribution in [0.3, 0.4) is 0 Å². The summed E-state index contributed by atoms with van der Waals surface area (Å²) in [4.78, 5) is 30.4. The first-order valence-corrected chi connectivity index (χ1v) is 8.69. The summed E-state index contributed by atoms with van der Waals surface area (Å²) in [7, 11) is 0. The number of aryl methyl sites for hydroxylation is 1. The summed E-state index contributed by atoms with van der Waals surface area (Å²) in [5.74, 6) is -0.191. The standard InChI is InChI=1S/C16H23N3O3S/c1-4-12-8-13-15(23-12)18-10-19(16(13)21)9-14(20)17-6-5-7-22-11(2)3/h8,10-11H,4-7,9H2,1-3H3,(H,17,20). The number of carbonyl (C=O) groups is 1. The molecule has 0 saturated carbocycles. The van der Waals surface area contributed by atoms with Gasteiger partial charge in [0.25, 0.3) is 5.56 Å². The number of nitrogens with zero attached hydrogens (tertiary/aromatic N) is 2. The van der Waals surface area contributed by atoms with Crippen LogP contribution in [-0.2, 0) is 22.5 Å². The summed E-state index contributed by atoms with van der Waals surface area (Å²) in [5, 5.41) is 3.38. The smallest absolute Gasteiger partial charge is 0.262 e. The van der Waals surface area contributed by atoms with E-state index in [9.17, 15) is 9.59 Å². The van der Waals surface area contributed by atoms with Crippen LogP contribution in [0.1, 0.15) is 32.1 Å². The molecule has 126 valence electrons. The molecule has 0 aliphatic carbocycles. The maximum atomic E-state index is 12.4. The maximum absolute atomic E-state index is 12.4. The fraction of sp³-hybridized carbons (Fsp3) is 0.562. The van der Waals surface area contributed by atoms with E-state index < -0.39 is 0 Å². The molecule has 2 aromatic rings. The van der Waals surface area contributed by atoms with Crippen molar-refractivity contribution >= 4 is 27.5 Å². The number of ether oxygens (including phenoxy) is 1. The van der Waals surface area contributed by atoms with E-state index in [4.69, 9.17) is 4.74 Å². The quantitative estimate of drug-likeness (QED) is 0.747. The second kappa shape index (κ2) is 8.21. The summed E-state index contributed by atoms with van der Waals surface area (Å²) in [6.45, 7) is 7.13. The molecule has 0 atom stereocenters. The molecule has 0 bridgehead atoms. The Morgan fingerprint density at radius 3 is 2.96 bits per heavy atom. The Hall–Kier alpha value is -1.73. The van der Waals surface area contributed by atoms with Crippen molar-refractivity contribution < 1.29 is 9.53 Å². The predicted molar refractivity (Wildman–Crippen MR) is 92.0 cm³/mol. The summed E-state index contributed by atoms with van der Waals surface area (Å²) in [6, 6.07) is 1.87. The van der Waals surface area contributed by atoms with Crippen LogP contribution in [0.25, 0.3) is 10.2 Å². The molecule has 1 amide bonds. The highest BCUT2D eigenvalue weighted by Crippen LogP contribution is 2.20. The lowest BCUT2D eigenvalue weighted by molar-refractivity contribution is -0.121. The highest BCUT2D eigenvalue weighted by molar-refractivity contribution is 7.18. The van der Waals surface area contributed by atoms with Gasteiger partial charge < -0.3 is 10.1 Å². The second-order valence-corrected chi connectivity index (χ2v) is 6.70. The van der Waals surface area contributed by atoms with Gasteiger partial charge in [0.1, 0.15) is 11.4 Å². The van der Waals surface area contributed by atoms with Gasteiger partial charge in [0, 0.05) is 18.0 Å². The third kappa shape index (κ3) is 4.87. The van der Waals surface area contributed by atoms with E-state index in [0.717, 1.165) is 22.5 Å². The third-order valence-electron chi connectivity index (χ3n) is 3.33. The van der Waals surface area contributed by atoms with Gasteiger partial charge in [-0.15, -0.1) is 11.3 Å². The van der Waals surface area contributed by atoms with Crippen molar-refractivity contribution in [3.05, 3.63) is 27.6 Å². The van der Waals surface area contributed by atoms with Gasteiger partial charge in [-0.05, 0) is 32.8 Å². The van der Waals surface area contributed by atoms with Crippen LogP contribution in [-0.4, -0.2) is 34.7 Å². The van der Waals surface area contributed by atoms with Crippen LogP contribution >= 0.6 is 11.3 Å². The summed E-state index contributed by atoms with van der Waals surface area (Å²) < 4.78 is 6.76. The van der Waals surface area contributed by atoms with Crippen molar-refractivity contribution in [1.29, 1.82) is 0 Å². The lowest BCUT2D eigenvalue weighted by Gasteiger charge is -2.09. The zero-order chi connectivity index (χ0) is 16.8. The van der Waals surface area contributed by atoms with Crippen LogP contribution in [0.4, 0.5) is 0 Å². The Balaban J connectivity index is 1.92. The van der Waals surface area contributed by atoms with Gasteiger partial charge in [-0.3, -0.25) is 14.2 Å². The molecule has 2 heterocycles. The van der Waals surface area contributed by atoms with E-state index >= 15 is 0 Å². The number of nitrogens with one attached hydrogen (secondary N) is 1. The SMILES string of the molecule is CCc1cc2c(=O)n(CC(=O)NCCCOC(C)C)cnc2s1. The molecule has 0 unspecified atom stereocenters. The molecule has 0 saturated heterocycles. The number of hydrogen-bond donors (Lipinski definition) is 1. The highest BCUT2D eigenvalue weighted by atomic mass is 32.1. The topological polar surface area (TPSA) is 73.2 Å². The fourth-order valence-corrected chi connectivity index (χ4v) is 3.05. The average molecular weight is 337 g/mol. The molecular formula is C16H23N3O3S. The second-order valence-electron chi connectivity index (χ2n) is 5.59. The lowest BCUT2D eigenvalue weighted by atomic mass is 10.3. The molecular weight excluding hydrogens is 314 g/mol. The zero-order valence-corrected chi connectivity index (χ0v) is 14.6. The van der Waals surface area contributed by atoms with E-state index in [1.54, 1.807) is 0 Å². The molecule has 6 nitrogen and oxygen atoms in total. The van der Waals surface area contributed by atoms with Gasteiger partial charge in [0.15, 0.2) is 0 Å². The molecule has 0 spiro atoms. The number of hydrogen-bond acceptors (Lipinski definition) is 5. The third-order valence-corrected chi connectivity index (χ3v) is 4.51. The van der Waals surface area contributed by atoms with Gasteiger partial charge >= 0.3 is 0 Å². The summed E-state index contributed by atoms with van der Waals surface area (Å²) in [5.41, 5.74) is -0.163. The molecule has 2 aromatic heterocycles. The van der Waals surface area contributed by atoms with Crippen molar-refractivity contribution in [2.45, 2.75) is 46.3 Å². The molecule has 23 heavy (non-hydrogen) atoms. The number of amides is 1. The molecule has 0 radical (unpaired) electrons. The van der Waals surface area contributed by atoms with Gasteiger partial charge in [-0.25, -0.2) is 4.98 Å². The monoisotopic (exact) mass is 337 g/mol. The highest BCUT2D eigenvalue weighted by Gasteiger charge is 2.10. The molecule has 0 aliphatic heterocycles.